The number of carbonyl (C=O) groups is 2. The third-order valence-electron chi connectivity index (χ3n) is 2.03. The molecular weight excluding hydrogens is 274 g/mol. The van der Waals surface area contributed by atoms with E-state index in [1.165, 1.54) is 32.4 Å². The molecule has 0 aliphatic rings. The molecule has 0 atom stereocenters. The number of esters is 1. The summed E-state index contributed by atoms with van der Waals surface area (Å²) in [6.07, 6.45) is 0. The van der Waals surface area contributed by atoms with Crippen LogP contribution in [0.3, 0.4) is 0 Å². The highest BCUT2D eigenvalue weighted by Gasteiger charge is 2.08. The van der Waals surface area contributed by atoms with Gasteiger partial charge in [0.25, 0.3) is 0 Å². The van der Waals surface area contributed by atoms with E-state index in [4.69, 9.17) is 4.74 Å². The summed E-state index contributed by atoms with van der Waals surface area (Å²) in [5, 5.41) is 11.9. The van der Waals surface area contributed by atoms with Gasteiger partial charge in [-0.2, -0.15) is 0 Å². The number of nitrogens with one attached hydrogen (secondary N) is 1. The standard InChI is InChI=1S/C9H10O4.C4H9NO.C2H6/c1-12-8-5-6(9(11)13-2)3-4-7(8)10;1-4(6)3-5-2;1-2/h3-5,10H,1-2H3;5H,3H2,1-2H3;1-2H3. The Labute approximate surface area is 126 Å². The van der Waals surface area contributed by atoms with Gasteiger partial charge in [-0.15, -0.1) is 0 Å². The Morgan fingerprint density at radius 2 is 1.81 bits per heavy atom. The van der Waals surface area contributed by atoms with Crippen molar-refractivity contribution in [1.82, 2.24) is 5.32 Å². The number of aromatic hydroxyl groups is 1. The van der Waals surface area contributed by atoms with Crippen molar-refractivity contribution in [3.05, 3.63) is 23.8 Å². The molecule has 0 fully saturated rings. The van der Waals surface area contributed by atoms with Gasteiger partial charge in [-0.1, -0.05) is 13.8 Å². The fourth-order valence-corrected chi connectivity index (χ4v) is 1.17. The zero-order chi connectivity index (χ0) is 16.8. The lowest BCUT2D eigenvalue weighted by Gasteiger charge is -2.04. The second-order valence-electron chi connectivity index (χ2n) is 3.61. The Bertz CT molecular complexity index is 432. The van der Waals surface area contributed by atoms with Crippen molar-refractivity contribution in [3.63, 3.8) is 0 Å². The number of phenols is 1. The first-order chi connectivity index (χ1) is 9.96. The Hall–Kier alpha value is -2.08. The number of Topliss-reactive ketones (excluding diaryl/α,β-unsaturated/α-hetero) is 1. The van der Waals surface area contributed by atoms with E-state index in [1.807, 2.05) is 13.8 Å². The molecule has 0 saturated carbocycles. The van der Waals surface area contributed by atoms with Crippen LogP contribution in [0.2, 0.25) is 0 Å². The minimum Gasteiger partial charge on any atom is -0.504 e. The van der Waals surface area contributed by atoms with Crippen LogP contribution >= 0.6 is 0 Å². The topological polar surface area (TPSA) is 84.9 Å². The van der Waals surface area contributed by atoms with Gasteiger partial charge in [0.1, 0.15) is 5.78 Å². The van der Waals surface area contributed by atoms with E-state index < -0.39 is 5.97 Å². The van der Waals surface area contributed by atoms with E-state index >= 15 is 0 Å². The molecule has 120 valence electrons. The molecular formula is C15H25NO5. The summed E-state index contributed by atoms with van der Waals surface area (Å²) in [6, 6.07) is 4.26. The van der Waals surface area contributed by atoms with Crippen molar-refractivity contribution in [2.75, 3.05) is 27.8 Å². The van der Waals surface area contributed by atoms with Crippen LogP contribution in [0.4, 0.5) is 0 Å². The van der Waals surface area contributed by atoms with Crippen molar-refractivity contribution in [2.45, 2.75) is 20.8 Å². The van der Waals surface area contributed by atoms with Gasteiger partial charge < -0.3 is 19.9 Å². The molecule has 2 N–H and O–H groups in total. The molecule has 0 aliphatic heterocycles. The van der Waals surface area contributed by atoms with Crippen molar-refractivity contribution in [2.24, 2.45) is 0 Å². The van der Waals surface area contributed by atoms with Crippen LogP contribution < -0.4 is 10.1 Å². The van der Waals surface area contributed by atoms with Gasteiger partial charge in [-0.05, 0) is 32.2 Å². The Balaban J connectivity index is 0. The smallest absolute Gasteiger partial charge is 0.337 e. The van der Waals surface area contributed by atoms with Gasteiger partial charge in [-0.25, -0.2) is 4.79 Å². The summed E-state index contributed by atoms with van der Waals surface area (Å²) in [7, 11) is 4.46. The molecule has 0 aromatic heterocycles. The maximum Gasteiger partial charge on any atom is 0.337 e. The lowest BCUT2D eigenvalue weighted by atomic mass is 10.2. The first-order valence-electron chi connectivity index (χ1n) is 6.55. The van der Waals surface area contributed by atoms with Crippen molar-refractivity contribution in [1.29, 1.82) is 0 Å². The molecule has 0 unspecified atom stereocenters. The SMILES string of the molecule is CC.CNCC(C)=O.COC(=O)c1ccc(O)c(OC)c1. The number of hydrogen-bond acceptors (Lipinski definition) is 6. The Kier molecular flexibility index (Phi) is 13.1. The molecule has 21 heavy (non-hydrogen) atoms. The van der Waals surface area contributed by atoms with Gasteiger partial charge in [0.05, 0.1) is 26.3 Å². The molecule has 0 spiro atoms. The first-order valence-corrected chi connectivity index (χ1v) is 6.55. The highest BCUT2D eigenvalue weighted by Crippen LogP contribution is 2.26. The summed E-state index contributed by atoms with van der Waals surface area (Å²) in [5.74, 6) is -0.0335. The van der Waals surface area contributed by atoms with Crippen LogP contribution in [0.5, 0.6) is 11.5 Å². The van der Waals surface area contributed by atoms with Gasteiger partial charge in [0.2, 0.25) is 0 Å². The second kappa shape index (κ2) is 12.9. The number of ketones is 1. The molecule has 0 radical (unpaired) electrons. The number of hydrogen-bond donors (Lipinski definition) is 2. The van der Waals surface area contributed by atoms with Gasteiger partial charge in [0, 0.05) is 0 Å². The fourth-order valence-electron chi connectivity index (χ4n) is 1.17. The third kappa shape index (κ3) is 9.45. The fraction of sp³-hybridized carbons (Fsp3) is 0.467. The summed E-state index contributed by atoms with van der Waals surface area (Å²) >= 11 is 0. The van der Waals surface area contributed by atoms with Crippen LogP contribution in [0, 0.1) is 0 Å². The van der Waals surface area contributed by atoms with E-state index in [0.29, 0.717) is 12.1 Å². The summed E-state index contributed by atoms with van der Waals surface area (Å²) in [5.41, 5.74) is 0.345. The zero-order valence-electron chi connectivity index (χ0n) is 13.5. The Morgan fingerprint density at radius 3 is 2.14 bits per heavy atom. The van der Waals surface area contributed by atoms with Crippen LogP contribution in [0.25, 0.3) is 0 Å². The van der Waals surface area contributed by atoms with E-state index in [0.717, 1.165) is 0 Å². The van der Waals surface area contributed by atoms with Gasteiger partial charge in [-0.3, -0.25) is 4.79 Å². The number of methoxy groups -OCH3 is 2. The molecule has 0 bridgehead atoms. The second-order valence-corrected chi connectivity index (χ2v) is 3.61. The molecule has 0 saturated heterocycles. The highest BCUT2D eigenvalue weighted by molar-refractivity contribution is 5.90. The minimum atomic E-state index is -0.460. The summed E-state index contributed by atoms with van der Waals surface area (Å²) in [6.45, 7) is 6.04. The zero-order valence-corrected chi connectivity index (χ0v) is 13.5. The summed E-state index contributed by atoms with van der Waals surface area (Å²) in [4.78, 5) is 21.0. The van der Waals surface area contributed by atoms with Crippen LogP contribution in [-0.4, -0.2) is 44.7 Å². The van der Waals surface area contributed by atoms with Gasteiger partial charge >= 0.3 is 5.97 Å². The van der Waals surface area contributed by atoms with Crippen LogP contribution in [0.1, 0.15) is 31.1 Å². The lowest BCUT2D eigenvalue weighted by Crippen LogP contribution is -2.14. The normalized spacial score (nSPS) is 8.48. The molecule has 6 nitrogen and oxygen atoms in total. The maximum absolute atomic E-state index is 11.0. The molecule has 0 heterocycles. The van der Waals surface area contributed by atoms with Gasteiger partial charge in [0.15, 0.2) is 11.5 Å². The third-order valence-corrected chi connectivity index (χ3v) is 2.03. The molecule has 0 aliphatic carbocycles. The predicted octanol–water partition coefficient (Wildman–Crippen LogP) is 2.01. The quantitative estimate of drug-likeness (QED) is 0.827. The highest BCUT2D eigenvalue weighted by atomic mass is 16.5. The number of carbonyl (C=O) groups excluding carboxylic acids is 2. The van der Waals surface area contributed by atoms with E-state index in [9.17, 15) is 14.7 Å². The summed E-state index contributed by atoms with van der Waals surface area (Å²) < 4.78 is 9.32. The number of likely N-dealkylation sites (N-methyl/N-ethyl adjacent to an activating group) is 1. The number of benzene rings is 1. The molecule has 1 aromatic rings. The molecule has 1 rings (SSSR count). The van der Waals surface area contributed by atoms with E-state index in [-0.39, 0.29) is 17.3 Å². The van der Waals surface area contributed by atoms with Crippen LogP contribution in [0.15, 0.2) is 18.2 Å². The number of ether oxygens (including phenoxy) is 2. The van der Waals surface area contributed by atoms with Crippen molar-refractivity contribution < 1.29 is 24.2 Å². The molecule has 0 amide bonds. The molecule has 1 aromatic carbocycles. The monoisotopic (exact) mass is 299 g/mol. The van der Waals surface area contributed by atoms with E-state index in [2.05, 4.69) is 10.1 Å². The lowest BCUT2D eigenvalue weighted by molar-refractivity contribution is -0.116. The minimum absolute atomic E-state index is 0.00449. The number of rotatable bonds is 4. The Morgan fingerprint density at radius 1 is 1.24 bits per heavy atom. The molecule has 6 heteroatoms. The predicted molar refractivity (Wildman–Crippen MR) is 82.0 cm³/mol. The average molecular weight is 299 g/mol. The van der Waals surface area contributed by atoms with Crippen molar-refractivity contribution >= 4 is 11.8 Å². The number of phenolic OH excluding ortho intramolecular Hbond substituents is 1. The van der Waals surface area contributed by atoms with E-state index in [1.54, 1.807) is 14.0 Å². The maximum atomic E-state index is 11.0. The van der Waals surface area contributed by atoms with Crippen LogP contribution in [-0.2, 0) is 9.53 Å². The first kappa shape index (κ1) is 21.2. The largest absolute Gasteiger partial charge is 0.504 e. The average Bonchev–Trinajstić information content (AvgIpc) is 2.49. The van der Waals surface area contributed by atoms with Crippen molar-refractivity contribution in [3.8, 4) is 11.5 Å².